The Bertz CT molecular complexity index is 714. The molecular weight excluding hydrogens is 284 g/mol. The van der Waals surface area contributed by atoms with Crippen LogP contribution in [0.25, 0.3) is 0 Å². The zero-order chi connectivity index (χ0) is 15.2. The third-order valence-electron chi connectivity index (χ3n) is 5.67. The normalized spacial score (nSPS) is 31.5. The number of fused-ring (bicyclic) bond motifs is 5. The second-order valence-corrected chi connectivity index (χ2v) is 6.79. The van der Waals surface area contributed by atoms with Crippen molar-refractivity contribution in [1.29, 1.82) is 0 Å². The van der Waals surface area contributed by atoms with Gasteiger partial charge in [-0.3, -0.25) is 9.97 Å². The quantitative estimate of drug-likeness (QED) is 0.854. The van der Waals surface area contributed by atoms with Crippen LogP contribution < -0.4 is 0 Å². The summed E-state index contributed by atoms with van der Waals surface area (Å²) in [4.78, 5) is 9.06. The molecule has 0 unspecified atom stereocenters. The summed E-state index contributed by atoms with van der Waals surface area (Å²) in [5.74, 6) is 2.36. The number of nitrogens with zero attached hydrogens (tertiary/aromatic N) is 4. The Morgan fingerprint density at radius 3 is 1.65 bits per heavy atom. The molecule has 1 aliphatic heterocycles. The van der Waals surface area contributed by atoms with E-state index < -0.39 is 0 Å². The van der Waals surface area contributed by atoms with Crippen LogP contribution in [0.2, 0.25) is 0 Å². The van der Waals surface area contributed by atoms with Gasteiger partial charge in [-0.15, -0.1) is 0 Å². The van der Waals surface area contributed by atoms with Gasteiger partial charge in [0.1, 0.15) is 0 Å². The number of hydrogen-bond donors (Lipinski definition) is 0. The molecule has 23 heavy (non-hydrogen) atoms. The Kier molecular flexibility index (Phi) is 2.90. The van der Waals surface area contributed by atoms with Crippen molar-refractivity contribution in [1.82, 2.24) is 9.97 Å². The second-order valence-electron chi connectivity index (χ2n) is 6.79. The second kappa shape index (κ2) is 5.08. The standard InChI is InChI=1S/C19H18N4/c1-3-9-20-14(5-1)18-16-12-7-8-13(11-12)17(16)19(23-22-18)15-6-2-4-10-21-15/h1-6,9-10,12-13,16-17H,7-8,11H2/t12-,13+,16+,17-. The maximum atomic E-state index is 4.62. The first-order valence-corrected chi connectivity index (χ1v) is 8.40. The van der Waals surface area contributed by atoms with Crippen molar-refractivity contribution in [2.75, 3.05) is 0 Å². The van der Waals surface area contributed by atoms with Gasteiger partial charge in [0.15, 0.2) is 0 Å². The van der Waals surface area contributed by atoms with Gasteiger partial charge in [-0.1, -0.05) is 12.1 Å². The summed E-state index contributed by atoms with van der Waals surface area (Å²) in [6.07, 6.45) is 7.61. The summed E-state index contributed by atoms with van der Waals surface area (Å²) >= 11 is 0. The predicted molar refractivity (Wildman–Crippen MR) is 89.4 cm³/mol. The van der Waals surface area contributed by atoms with E-state index in [0.29, 0.717) is 11.8 Å². The van der Waals surface area contributed by atoms with Crippen molar-refractivity contribution in [3.05, 3.63) is 60.2 Å². The zero-order valence-corrected chi connectivity index (χ0v) is 12.8. The van der Waals surface area contributed by atoms with E-state index in [2.05, 4.69) is 32.3 Å². The zero-order valence-electron chi connectivity index (χ0n) is 12.8. The van der Waals surface area contributed by atoms with Crippen LogP contribution in [0.3, 0.4) is 0 Å². The van der Waals surface area contributed by atoms with Crippen molar-refractivity contribution >= 4 is 11.4 Å². The minimum Gasteiger partial charge on any atom is -0.255 e. The molecule has 2 aromatic rings. The fourth-order valence-corrected chi connectivity index (χ4v) is 4.79. The van der Waals surface area contributed by atoms with Crippen LogP contribution in [0.5, 0.6) is 0 Å². The van der Waals surface area contributed by atoms with E-state index in [0.717, 1.165) is 34.6 Å². The summed E-state index contributed by atoms with van der Waals surface area (Å²) in [5.41, 5.74) is 4.14. The summed E-state index contributed by atoms with van der Waals surface area (Å²) < 4.78 is 0. The number of aromatic nitrogens is 2. The van der Waals surface area contributed by atoms with Crippen LogP contribution in [0.1, 0.15) is 30.7 Å². The molecule has 5 rings (SSSR count). The summed E-state index contributed by atoms with van der Waals surface area (Å²) in [7, 11) is 0. The summed E-state index contributed by atoms with van der Waals surface area (Å²) in [6, 6.07) is 12.1. The molecule has 4 heteroatoms. The minimum absolute atomic E-state index is 0.457. The molecule has 4 nitrogen and oxygen atoms in total. The van der Waals surface area contributed by atoms with Gasteiger partial charge in [-0.25, -0.2) is 0 Å². The summed E-state index contributed by atoms with van der Waals surface area (Å²) in [5, 5.41) is 9.24. The van der Waals surface area contributed by atoms with Crippen LogP contribution in [-0.2, 0) is 0 Å². The van der Waals surface area contributed by atoms with Gasteiger partial charge in [0.05, 0.1) is 22.8 Å². The average Bonchev–Trinajstić information content (AvgIpc) is 3.25. The van der Waals surface area contributed by atoms with E-state index in [1.165, 1.54) is 19.3 Å². The molecule has 0 saturated heterocycles. The highest BCUT2D eigenvalue weighted by molar-refractivity contribution is 6.11. The lowest BCUT2D eigenvalue weighted by atomic mass is 9.72. The van der Waals surface area contributed by atoms with Gasteiger partial charge < -0.3 is 0 Å². The van der Waals surface area contributed by atoms with Crippen LogP contribution in [0, 0.1) is 23.7 Å². The molecule has 0 radical (unpaired) electrons. The molecule has 0 spiro atoms. The van der Waals surface area contributed by atoms with Crippen LogP contribution in [0.4, 0.5) is 0 Å². The minimum atomic E-state index is 0.457. The Morgan fingerprint density at radius 2 is 1.22 bits per heavy atom. The molecule has 2 saturated carbocycles. The SMILES string of the molecule is c1ccc(C2=NN=C(c3ccccn3)[C@H]3[C@@H]4CC[C@@H](C4)[C@@H]23)nc1. The van der Waals surface area contributed by atoms with Gasteiger partial charge in [0, 0.05) is 24.2 Å². The largest absolute Gasteiger partial charge is 0.255 e. The topological polar surface area (TPSA) is 50.5 Å². The third-order valence-corrected chi connectivity index (χ3v) is 5.67. The molecule has 2 aliphatic carbocycles. The van der Waals surface area contributed by atoms with Crippen molar-refractivity contribution in [3.8, 4) is 0 Å². The average molecular weight is 302 g/mol. The van der Waals surface area contributed by atoms with Gasteiger partial charge >= 0.3 is 0 Å². The predicted octanol–water partition coefficient (Wildman–Crippen LogP) is 3.35. The third kappa shape index (κ3) is 1.97. The Hall–Kier alpha value is -2.36. The van der Waals surface area contributed by atoms with Gasteiger partial charge in [0.2, 0.25) is 0 Å². The van der Waals surface area contributed by atoms with E-state index in [-0.39, 0.29) is 0 Å². The molecule has 0 N–H and O–H groups in total. The van der Waals surface area contributed by atoms with Gasteiger partial charge in [0.25, 0.3) is 0 Å². The van der Waals surface area contributed by atoms with E-state index in [4.69, 9.17) is 0 Å². The Balaban J connectivity index is 1.64. The van der Waals surface area contributed by atoms with E-state index in [1.54, 1.807) is 0 Å². The molecule has 2 aromatic heterocycles. The van der Waals surface area contributed by atoms with Gasteiger partial charge in [-0.2, -0.15) is 10.2 Å². The monoisotopic (exact) mass is 302 g/mol. The molecule has 4 atom stereocenters. The molecule has 2 bridgehead atoms. The van der Waals surface area contributed by atoms with Crippen LogP contribution >= 0.6 is 0 Å². The van der Waals surface area contributed by atoms with Crippen LogP contribution in [-0.4, -0.2) is 21.4 Å². The smallest absolute Gasteiger partial charge is 0.0926 e. The highest BCUT2D eigenvalue weighted by atomic mass is 15.2. The highest BCUT2D eigenvalue weighted by Gasteiger charge is 2.53. The summed E-state index contributed by atoms with van der Waals surface area (Å²) in [6.45, 7) is 0. The molecule has 0 aromatic carbocycles. The fraction of sp³-hybridized carbons (Fsp3) is 0.368. The number of pyridine rings is 2. The van der Waals surface area contributed by atoms with E-state index in [1.807, 2.05) is 36.7 Å². The lowest BCUT2D eigenvalue weighted by Crippen LogP contribution is -2.38. The molecule has 114 valence electrons. The van der Waals surface area contributed by atoms with Crippen LogP contribution in [0.15, 0.2) is 59.0 Å². The van der Waals surface area contributed by atoms with Crippen molar-refractivity contribution in [2.45, 2.75) is 19.3 Å². The van der Waals surface area contributed by atoms with Crippen molar-refractivity contribution < 1.29 is 0 Å². The van der Waals surface area contributed by atoms with Crippen molar-refractivity contribution in [3.63, 3.8) is 0 Å². The molecule has 0 amide bonds. The lowest BCUT2D eigenvalue weighted by molar-refractivity contribution is 0.350. The van der Waals surface area contributed by atoms with E-state index in [9.17, 15) is 0 Å². The molecule has 3 aliphatic rings. The first-order chi connectivity index (χ1) is 11.4. The van der Waals surface area contributed by atoms with Gasteiger partial charge in [-0.05, 0) is 55.4 Å². The first-order valence-electron chi connectivity index (χ1n) is 8.40. The lowest BCUT2D eigenvalue weighted by Gasteiger charge is -2.34. The number of hydrogen-bond acceptors (Lipinski definition) is 4. The highest BCUT2D eigenvalue weighted by Crippen LogP contribution is 2.55. The fourth-order valence-electron chi connectivity index (χ4n) is 4.79. The van der Waals surface area contributed by atoms with Crippen molar-refractivity contribution in [2.24, 2.45) is 33.9 Å². The Labute approximate surface area is 135 Å². The maximum absolute atomic E-state index is 4.62. The van der Waals surface area contributed by atoms with E-state index >= 15 is 0 Å². The first kappa shape index (κ1) is 13.1. The number of rotatable bonds is 2. The maximum Gasteiger partial charge on any atom is 0.0926 e. The molecular formula is C19H18N4. The molecule has 3 heterocycles. The Morgan fingerprint density at radius 1 is 0.696 bits per heavy atom. The molecule has 2 fully saturated rings.